The molecule has 0 bridgehead atoms. The Hall–Kier alpha value is -1.33. The minimum atomic E-state index is -0.352. The van der Waals surface area contributed by atoms with Gasteiger partial charge in [0.2, 0.25) is 0 Å². The van der Waals surface area contributed by atoms with E-state index in [1.165, 1.54) is 13.5 Å². The average Bonchev–Trinajstić information content (AvgIpc) is 2.79. The highest BCUT2D eigenvalue weighted by Gasteiger charge is 2.22. The predicted octanol–water partition coefficient (Wildman–Crippen LogP) is 1.97. The Labute approximate surface area is 119 Å². The Morgan fingerprint density at radius 1 is 1.60 bits per heavy atom. The van der Waals surface area contributed by atoms with E-state index in [0.717, 1.165) is 31.7 Å². The second-order valence-electron chi connectivity index (χ2n) is 5.43. The number of methoxy groups -OCH3 is 1. The molecule has 112 valence electrons. The Balaban J connectivity index is 1.97. The van der Waals surface area contributed by atoms with Crippen molar-refractivity contribution in [1.29, 1.82) is 0 Å². The molecule has 0 aliphatic carbocycles. The van der Waals surface area contributed by atoms with E-state index in [-0.39, 0.29) is 12.6 Å². The van der Waals surface area contributed by atoms with E-state index in [1.54, 1.807) is 13.0 Å². The van der Waals surface area contributed by atoms with Crippen molar-refractivity contribution in [2.75, 3.05) is 26.8 Å². The molecule has 1 saturated heterocycles. The lowest BCUT2D eigenvalue weighted by Gasteiger charge is -2.31. The number of carbonyl (C=O) groups is 1. The lowest BCUT2D eigenvalue weighted by atomic mass is 9.95. The Kier molecular flexibility index (Phi) is 5.20. The highest BCUT2D eigenvalue weighted by molar-refractivity contribution is 5.90. The van der Waals surface area contributed by atoms with E-state index >= 15 is 0 Å². The summed E-state index contributed by atoms with van der Waals surface area (Å²) in [5, 5.41) is 9.03. The molecule has 1 atom stereocenters. The van der Waals surface area contributed by atoms with Crippen LogP contribution in [0.25, 0.3) is 0 Å². The van der Waals surface area contributed by atoms with Gasteiger partial charge in [-0.2, -0.15) is 0 Å². The van der Waals surface area contributed by atoms with Crippen molar-refractivity contribution in [3.63, 3.8) is 0 Å². The molecule has 5 heteroatoms. The SMILES string of the molecule is COC(=O)c1cc(CN2CCCC(CCO)C2)oc1C. The number of hydrogen-bond donors (Lipinski definition) is 1. The summed E-state index contributed by atoms with van der Waals surface area (Å²) in [6.07, 6.45) is 3.19. The highest BCUT2D eigenvalue weighted by Crippen LogP contribution is 2.23. The summed E-state index contributed by atoms with van der Waals surface area (Å²) >= 11 is 0. The van der Waals surface area contributed by atoms with Gasteiger partial charge in [0.1, 0.15) is 17.1 Å². The van der Waals surface area contributed by atoms with E-state index in [1.807, 2.05) is 0 Å². The maximum atomic E-state index is 11.6. The summed E-state index contributed by atoms with van der Waals surface area (Å²) in [4.78, 5) is 13.9. The Bertz CT molecular complexity index is 453. The zero-order chi connectivity index (χ0) is 14.5. The normalized spacial score (nSPS) is 20.1. The van der Waals surface area contributed by atoms with E-state index in [0.29, 0.717) is 23.8 Å². The summed E-state index contributed by atoms with van der Waals surface area (Å²) in [6, 6.07) is 1.77. The zero-order valence-corrected chi connectivity index (χ0v) is 12.2. The monoisotopic (exact) mass is 281 g/mol. The molecule has 20 heavy (non-hydrogen) atoms. The van der Waals surface area contributed by atoms with Crippen LogP contribution in [0.4, 0.5) is 0 Å². The number of rotatable bonds is 5. The second kappa shape index (κ2) is 6.90. The lowest BCUT2D eigenvalue weighted by molar-refractivity contribution is 0.0599. The molecule has 1 aromatic heterocycles. The number of hydrogen-bond acceptors (Lipinski definition) is 5. The van der Waals surface area contributed by atoms with Gasteiger partial charge in [-0.3, -0.25) is 4.90 Å². The molecule has 0 spiro atoms. The molecule has 2 rings (SSSR count). The molecular formula is C15H23NO4. The smallest absolute Gasteiger partial charge is 0.341 e. The Morgan fingerprint density at radius 3 is 3.10 bits per heavy atom. The van der Waals surface area contributed by atoms with Crippen molar-refractivity contribution in [3.05, 3.63) is 23.2 Å². The van der Waals surface area contributed by atoms with Crippen LogP contribution >= 0.6 is 0 Å². The minimum absolute atomic E-state index is 0.255. The van der Waals surface area contributed by atoms with Crippen molar-refractivity contribution in [1.82, 2.24) is 4.90 Å². The van der Waals surface area contributed by atoms with Gasteiger partial charge in [-0.25, -0.2) is 4.79 Å². The van der Waals surface area contributed by atoms with Gasteiger partial charge < -0.3 is 14.3 Å². The second-order valence-corrected chi connectivity index (χ2v) is 5.43. The van der Waals surface area contributed by atoms with E-state index in [2.05, 4.69) is 4.90 Å². The quantitative estimate of drug-likeness (QED) is 0.836. The fourth-order valence-electron chi connectivity index (χ4n) is 2.87. The molecule has 0 radical (unpaired) electrons. The van der Waals surface area contributed by atoms with E-state index < -0.39 is 0 Å². The molecule has 1 aliphatic heterocycles. The van der Waals surface area contributed by atoms with Gasteiger partial charge in [-0.1, -0.05) is 0 Å². The van der Waals surface area contributed by atoms with E-state index in [4.69, 9.17) is 14.3 Å². The zero-order valence-electron chi connectivity index (χ0n) is 12.2. The van der Waals surface area contributed by atoms with Crippen LogP contribution in [-0.2, 0) is 11.3 Å². The number of aryl methyl sites for hydroxylation is 1. The summed E-state index contributed by atoms with van der Waals surface area (Å²) in [7, 11) is 1.37. The number of esters is 1. The van der Waals surface area contributed by atoms with Gasteiger partial charge in [-0.15, -0.1) is 0 Å². The summed E-state index contributed by atoms with van der Waals surface area (Å²) in [5.41, 5.74) is 0.506. The van der Waals surface area contributed by atoms with Crippen molar-refractivity contribution in [3.8, 4) is 0 Å². The van der Waals surface area contributed by atoms with Crippen LogP contribution in [0.15, 0.2) is 10.5 Å². The fraction of sp³-hybridized carbons (Fsp3) is 0.667. The van der Waals surface area contributed by atoms with Crippen LogP contribution in [0.1, 0.15) is 41.1 Å². The third kappa shape index (κ3) is 3.61. The first-order valence-electron chi connectivity index (χ1n) is 7.15. The maximum Gasteiger partial charge on any atom is 0.341 e. The minimum Gasteiger partial charge on any atom is -0.465 e. The number of aliphatic hydroxyl groups is 1. The first-order valence-corrected chi connectivity index (χ1v) is 7.15. The molecule has 1 N–H and O–H groups in total. The van der Waals surface area contributed by atoms with Crippen molar-refractivity contribution < 1.29 is 19.1 Å². The lowest BCUT2D eigenvalue weighted by Crippen LogP contribution is -2.35. The number of nitrogens with zero attached hydrogens (tertiary/aromatic N) is 1. The molecule has 1 fully saturated rings. The third-order valence-corrected chi connectivity index (χ3v) is 3.89. The number of aliphatic hydroxyl groups excluding tert-OH is 1. The van der Waals surface area contributed by atoms with Crippen LogP contribution in [0, 0.1) is 12.8 Å². The van der Waals surface area contributed by atoms with Crippen LogP contribution in [0.2, 0.25) is 0 Å². The third-order valence-electron chi connectivity index (χ3n) is 3.89. The summed E-state index contributed by atoms with van der Waals surface area (Å²) in [6.45, 7) is 4.76. The van der Waals surface area contributed by atoms with Gasteiger partial charge >= 0.3 is 5.97 Å². The van der Waals surface area contributed by atoms with E-state index in [9.17, 15) is 4.79 Å². The largest absolute Gasteiger partial charge is 0.465 e. The number of carbonyl (C=O) groups excluding carboxylic acids is 1. The molecule has 0 saturated carbocycles. The first-order chi connectivity index (χ1) is 9.63. The standard InChI is InChI=1S/C15H23NO4/c1-11-14(15(18)19-2)8-13(20-11)10-16-6-3-4-12(9-16)5-7-17/h8,12,17H,3-7,9-10H2,1-2H3. The topological polar surface area (TPSA) is 62.9 Å². The molecule has 5 nitrogen and oxygen atoms in total. The maximum absolute atomic E-state index is 11.6. The molecular weight excluding hydrogens is 258 g/mol. The van der Waals surface area contributed by atoms with Gasteiger partial charge in [0.15, 0.2) is 0 Å². The van der Waals surface area contributed by atoms with Crippen LogP contribution in [-0.4, -0.2) is 42.8 Å². The van der Waals surface area contributed by atoms with Crippen molar-refractivity contribution >= 4 is 5.97 Å². The van der Waals surface area contributed by atoms with Crippen molar-refractivity contribution in [2.45, 2.75) is 32.7 Å². The van der Waals surface area contributed by atoms with Gasteiger partial charge in [0.05, 0.1) is 13.7 Å². The first kappa shape index (κ1) is 15.1. The number of likely N-dealkylation sites (tertiary alicyclic amines) is 1. The molecule has 0 amide bonds. The summed E-state index contributed by atoms with van der Waals surface area (Å²) in [5.74, 6) is 1.61. The van der Waals surface area contributed by atoms with Crippen LogP contribution < -0.4 is 0 Å². The molecule has 1 aliphatic rings. The fourth-order valence-corrected chi connectivity index (χ4v) is 2.87. The number of ether oxygens (including phenoxy) is 1. The number of furan rings is 1. The van der Waals surface area contributed by atoms with Gasteiger partial charge in [-0.05, 0) is 44.7 Å². The average molecular weight is 281 g/mol. The Morgan fingerprint density at radius 2 is 2.40 bits per heavy atom. The van der Waals surface area contributed by atoms with Crippen LogP contribution in [0.5, 0.6) is 0 Å². The van der Waals surface area contributed by atoms with Crippen LogP contribution in [0.3, 0.4) is 0 Å². The molecule has 0 aromatic carbocycles. The van der Waals surface area contributed by atoms with Crippen molar-refractivity contribution in [2.24, 2.45) is 5.92 Å². The molecule has 1 aromatic rings. The highest BCUT2D eigenvalue weighted by atomic mass is 16.5. The van der Waals surface area contributed by atoms with Gasteiger partial charge in [0, 0.05) is 13.2 Å². The molecule has 2 heterocycles. The molecule has 1 unspecified atom stereocenters. The van der Waals surface area contributed by atoms with Gasteiger partial charge in [0.25, 0.3) is 0 Å². The predicted molar refractivity (Wildman–Crippen MR) is 74.5 cm³/mol. The number of piperidine rings is 1. The summed E-state index contributed by atoms with van der Waals surface area (Å²) < 4.78 is 10.4.